The van der Waals surface area contributed by atoms with E-state index < -0.39 is 0 Å². The first-order valence-electron chi connectivity index (χ1n) is 8.49. The zero-order valence-corrected chi connectivity index (χ0v) is 17.9. The van der Waals surface area contributed by atoms with Gasteiger partial charge in [0.25, 0.3) is 0 Å². The topological polar surface area (TPSA) is 66.6 Å². The van der Waals surface area contributed by atoms with Crippen LogP contribution in [0.15, 0.2) is 53.7 Å². The molecular weight excluding hydrogens is 458 g/mol. The van der Waals surface area contributed by atoms with E-state index in [1.807, 2.05) is 54.8 Å². The smallest absolute Gasteiger partial charge is 0.191 e. The van der Waals surface area contributed by atoms with Crippen molar-refractivity contribution in [2.24, 2.45) is 4.99 Å². The molecule has 3 rings (SSSR count). The van der Waals surface area contributed by atoms with E-state index in [0.717, 1.165) is 11.5 Å². The van der Waals surface area contributed by atoms with E-state index in [-0.39, 0.29) is 35.2 Å². The second-order valence-corrected chi connectivity index (χ2v) is 6.69. The van der Waals surface area contributed by atoms with Crippen molar-refractivity contribution in [3.8, 4) is 0 Å². The van der Waals surface area contributed by atoms with Gasteiger partial charge in [-0.1, -0.05) is 38.1 Å². The Bertz CT molecular complexity index is 921. The standard InChI is InChI=1S/C19H23FN6.HI/c1-19(2,14-8-4-5-9-15(14)20)13-23-18(21-3)22-12-17-25-24-16-10-6-7-11-26(16)17;/h4-11H,12-13H2,1-3H3,(H2,21,22,23);1H. The first-order valence-corrected chi connectivity index (χ1v) is 8.49. The van der Waals surface area contributed by atoms with Gasteiger partial charge in [0.05, 0.1) is 6.54 Å². The van der Waals surface area contributed by atoms with Crippen molar-refractivity contribution >= 4 is 35.6 Å². The number of pyridine rings is 1. The lowest BCUT2D eigenvalue weighted by molar-refractivity contribution is 0.473. The second kappa shape index (κ2) is 9.12. The maximum atomic E-state index is 14.1. The van der Waals surface area contributed by atoms with Gasteiger partial charge in [-0.25, -0.2) is 4.39 Å². The van der Waals surface area contributed by atoms with E-state index >= 15 is 0 Å². The van der Waals surface area contributed by atoms with Gasteiger partial charge in [0.2, 0.25) is 0 Å². The molecule has 0 radical (unpaired) electrons. The highest BCUT2D eigenvalue weighted by Gasteiger charge is 2.24. The lowest BCUT2D eigenvalue weighted by Crippen LogP contribution is -2.43. The molecule has 2 heterocycles. The predicted molar refractivity (Wildman–Crippen MR) is 116 cm³/mol. The first-order chi connectivity index (χ1) is 12.5. The quantitative estimate of drug-likeness (QED) is 0.333. The molecule has 0 aliphatic carbocycles. The second-order valence-electron chi connectivity index (χ2n) is 6.69. The number of guanidine groups is 1. The third-order valence-corrected chi connectivity index (χ3v) is 4.32. The van der Waals surface area contributed by atoms with E-state index in [4.69, 9.17) is 0 Å². The van der Waals surface area contributed by atoms with Crippen LogP contribution in [-0.2, 0) is 12.0 Å². The van der Waals surface area contributed by atoms with Crippen LogP contribution in [0.2, 0.25) is 0 Å². The third kappa shape index (κ3) is 4.94. The molecular formula is C19H24FIN6. The maximum Gasteiger partial charge on any atom is 0.191 e. The normalized spacial score (nSPS) is 11.9. The van der Waals surface area contributed by atoms with Crippen LogP contribution in [0.1, 0.15) is 25.2 Å². The largest absolute Gasteiger partial charge is 0.356 e. The molecule has 0 atom stereocenters. The molecule has 0 bridgehead atoms. The van der Waals surface area contributed by atoms with Crippen LogP contribution < -0.4 is 10.6 Å². The summed E-state index contributed by atoms with van der Waals surface area (Å²) < 4.78 is 16.0. The molecule has 0 unspecified atom stereocenters. The van der Waals surface area contributed by atoms with Gasteiger partial charge in [0, 0.05) is 25.2 Å². The highest BCUT2D eigenvalue weighted by molar-refractivity contribution is 14.0. The van der Waals surface area contributed by atoms with Crippen molar-refractivity contribution in [1.29, 1.82) is 0 Å². The molecule has 144 valence electrons. The van der Waals surface area contributed by atoms with Gasteiger partial charge in [-0.05, 0) is 23.8 Å². The van der Waals surface area contributed by atoms with Gasteiger partial charge in [-0.15, -0.1) is 34.2 Å². The van der Waals surface area contributed by atoms with Crippen LogP contribution in [0.25, 0.3) is 5.65 Å². The van der Waals surface area contributed by atoms with Crippen molar-refractivity contribution in [1.82, 2.24) is 25.2 Å². The van der Waals surface area contributed by atoms with Gasteiger partial charge in [0.1, 0.15) is 5.82 Å². The third-order valence-electron chi connectivity index (χ3n) is 4.32. The number of rotatable bonds is 5. The highest BCUT2D eigenvalue weighted by Crippen LogP contribution is 2.24. The lowest BCUT2D eigenvalue weighted by Gasteiger charge is -2.27. The number of aliphatic imine (C=N–C) groups is 1. The summed E-state index contributed by atoms with van der Waals surface area (Å²) in [6.45, 7) is 5.01. The number of nitrogens with one attached hydrogen (secondary N) is 2. The van der Waals surface area contributed by atoms with Crippen LogP contribution in [0.4, 0.5) is 4.39 Å². The Morgan fingerprint density at radius 2 is 1.85 bits per heavy atom. The zero-order valence-electron chi connectivity index (χ0n) is 15.6. The fourth-order valence-corrected chi connectivity index (χ4v) is 2.80. The molecule has 6 nitrogen and oxygen atoms in total. The van der Waals surface area contributed by atoms with E-state index in [1.165, 1.54) is 6.07 Å². The molecule has 0 saturated heterocycles. The molecule has 2 N–H and O–H groups in total. The molecule has 8 heteroatoms. The van der Waals surface area contributed by atoms with Gasteiger partial charge >= 0.3 is 0 Å². The Morgan fingerprint density at radius 1 is 1.11 bits per heavy atom. The molecule has 0 amide bonds. The Morgan fingerprint density at radius 3 is 2.59 bits per heavy atom. The molecule has 3 aromatic rings. The summed E-state index contributed by atoms with van der Waals surface area (Å²) in [5.74, 6) is 1.22. The number of benzene rings is 1. The molecule has 0 saturated carbocycles. The minimum absolute atomic E-state index is 0. The van der Waals surface area contributed by atoms with Crippen LogP contribution in [0.3, 0.4) is 0 Å². The Kier molecular flexibility index (Phi) is 7.11. The van der Waals surface area contributed by atoms with Crippen molar-refractivity contribution in [2.45, 2.75) is 25.8 Å². The average molecular weight is 482 g/mol. The molecule has 2 aromatic heterocycles. The first kappa shape index (κ1) is 21.1. The summed E-state index contributed by atoms with van der Waals surface area (Å²) in [6.07, 6.45) is 1.92. The maximum absolute atomic E-state index is 14.1. The molecule has 27 heavy (non-hydrogen) atoms. The van der Waals surface area contributed by atoms with Crippen molar-refractivity contribution in [2.75, 3.05) is 13.6 Å². The summed E-state index contributed by atoms with van der Waals surface area (Å²) in [5.41, 5.74) is 1.09. The van der Waals surface area contributed by atoms with Crippen molar-refractivity contribution < 1.29 is 4.39 Å². The van der Waals surface area contributed by atoms with Crippen LogP contribution >= 0.6 is 24.0 Å². The number of fused-ring (bicyclic) bond motifs is 1. The SMILES string of the molecule is CN=C(NCc1nnc2ccccn12)NCC(C)(C)c1ccccc1F.I. The van der Waals surface area contributed by atoms with Gasteiger partial charge < -0.3 is 10.6 Å². The lowest BCUT2D eigenvalue weighted by atomic mass is 9.84. The molecule has 0 aliphatic rings. The van der Waals surface area contributed by atoms with Gasteiger partial charge in [-0.3, -0.25) is 9.39 Å². The Labute approximate surface area is 175 Å². The Balaban J connectivity index is 0.00000261. The van der Waals surface area contributed by atoms with E-state index in [2.05, 4.69) is 25.8 Å². The fourth-order valence-electron chi connectivity index (χ4n) is 2.80. The van der Waals surface area contributed by atoms with Crippen LogP contribution in [0, 0.1) is 5.82 Å². The number of hydrogen-bond acceptors (Lipinski definition) is 3. The van der Waals surface area contributed by atoms with E-state index in [1.54, 1.807) is 13.1 Å². The van der Waals surface area contributed by atoms with E-state index in [9.17, 15) is 4.39 Å². The number of halogens is 2. The highest BCUT2D eigenvalue weighted by atomic mass is 127. The monoisotopic (exact) mass is 482 g/mol. The minimum atomic E-state index is -0.384. The predicted octanol–water partition coefficient (Wildman–Crippen LogP) is 3.13. The Hall–Kier alpha value is -2.23. The summed E-state index contributed by atoms with van der Waals surface area (Å²) in [6, 6.07) is 12.6. The zero-order chi connectivity index (χ0) is 18.6. The molecule has 0 fully saturated rings. The molecule has 0 spiro atoms. The van der Waals surface area contributed by atoms with E-state index in [0.29, 0.717) is 24.6 Å². The van der Waals surface area contributed by atoms with Crippen molar-refractivity contribution in [3.05, 3.63) is 65.9 Å². The minimum Gasteiger partial charge on any atom is -0.356 e. The van der Waals surface area contributed by atoms with Gasteiger partial charge in [-0.2, -0.15) is 0 Å². The molecule has 0 aliphatic heterocycles. The average Bonchev–Trinajstić information content (AvgIpc) is 3.05. The summed E-state index contributed by atoms with van der Waals surface area (Å²) in [4.78, 5) is 4.23. The molecule has 1 aromatic carbocycles. The van der Waals surface area contributed by atoms with Crippen LogP contribution in [-0.4, -0.2) is 34.2 Å². The van der Waals surface area contributed by atoms with Gasteiger partial charge in [0.15, 0.2) is 17.4 Å². The summed E-state index contributed by atoms with van der Waals surface area (Å²) >= 11 is 0. The fraction of sp³-hybridized carbons (Fsp3) is 0.316. The summed E-state index contributed by atoms with van der Waals surface area (Å²) in [7, 11) is 1.70. The van der Waals surface area contributed by atoms with Crippen LogP contribution in [0.5, 0.6) is 0 Å². The van der Waals surface area contributed by atoms with Crippen molar-refractivity contribution in [3.63, 3.8) is 0 Å². The number of aromatic nitrogens is 3. The number of hydrogen-bond donors (Lipinski definition) is 2. The number of nitrogens with zero attached hydrogens (tertiary/aromatic N) is 4. The summed E-state index contributed by atoms with van der Waals surface area (Å²) in [5, 5.41) is 14.8.